The van der Waals surface area contributed by atoms with Crippen molar-refractivity contribution in [3.05, 3.63) is 29.3 Å². The zero-order valence-electron chi connectivity index (χ0n) is 18.7. The van der Waals surface area contributed by atoms with Crippen molar-refractivity contribution < 1.29 is 18.4 Å². The molecular weight excluding hydrogens is 413 g/mol. The zero-order valence-corrected chi connectivity index (χ0v) is 18.7. The van der Waals surface area contributed by atoms with E-state index in [9.17, 15) is 0 Å². The van der Waals surface area contributed by atoms with E-state index in [0.29, 0.717) is 52.9 Å². The molecule has 0 amide bonds. The predicted molar refractivity (Wildman–Crippen MR) is 119 cm³/mol. The maximum atomic E-state index is 15.1. The van der Waals surface area contributed by atoms with Gasteiger partial charge in [-0.2, -0.15) is 4.98 Å². The van der Waals surface area contributed by atoms with Gasteiger partial charge in [0.15, 0.2) is 11.6 Å². The number of aromatic nitrogens is 3. The van der Waals surface area contributed by atoms with E-state index in [0.717, 1.165) is 50.3 Å². The van der Waals surface area contributed by atoms with Crippen molar-refractivity contribution >= 4 is 16.7 Å². The maximum absolute atomic E-state index is 15.1. The third-order valence-corrected chi connectivity index (χ3v) is 6.21. The molecule has 170 valence electrons. The number of nitrogens with one attached hydrogen (secondary N) is 1. The van der Waals surface area contributed by atoms with E-state index in [2.05, 4.69) is 20.4 Å². The molecule has 2 aromatic heterocycles. The predicted octanol–water partition coefficient (Wildman–Crippen LogP) is 3.40. The van der Waals surface area contributed by atoms with E-state index in [1.165, 1.54) is 6.07 Å². The number of aryl methyl sites for hydroxylation is 2. The number of halogens is 1. The Balaban J connectivity index is 1.54. The van der Waals surface area contributed by atoms with Crippen molar-refractivity contribution in [2.45, 2.75) is 45.7 Å². The van der Waals surface area contributed by atoms with E-state index in [1.54, 1.807) is 6.92 Å². The molecule has 2 saturated heterocycles. The van der Waals surface area contributed by atoms with E-state index in [-0.39, 0.29) is 0 Å². The SMILES string of the molecule is CCOc1cc(F)c2nc(N3CCC(NC4COC4)CC3)c(-c3nc(C)no3)c(C)c2c1. The summed E-state index contributed by atoms with van der Waals surface area (Å²) in [4.78, 5) is 11.5. The van der Waals surface area contributed by atoms with Crippen molar-refractivity contribution in [1.82, 2.24) is 20.4 Å². The largest absolute Gasteiger partial charge is 0.494 e. The van der Waals surface area contributed by atoms with Gasteiger partial charge in [0.2, 0.25) is 0 Å². The lowest BCUT2D eigenvalue weighted by atomic mass is 9.99. The highest BCUT2D eigenvalue weighted by Gasteiger charge is 2.29. The number of fused-ring (bicyclic) bond motifs is 1. The summed E-state index contributed by atoms with van der Waals surface area (Å²) >= 11 is 0. The molecule has 0 bridgehead atoms. The van der Waals surface area contributed by atoms with Crippen LogP contribution in [0.4, 0.5) is 10.2 Å². The smallest absolute Gasteiger partial charge is 0.261 e. The summed E-state index contributed by atoms with van der Waals surface area (Å²) in [6.07, 6.45) is 1.95. The Morgan fingerprint density at radius 3 is 2.56 bits per heavy atom. The Morgan fingerprint density at radius 2 is 1.94 bits per heavy atom. The van der Waals surface area contributed by atoms with Crippen LogP contribution in [0.5, 0.6) is 5.75 Å². The fourth-order valence-electron chi connectivity index (χ4n) is 4.49. The molecule has 2 aliphatic heterocycles. The van der Waals surface area contributed by atoms with Crippen molar-refractivity contribution in [1.29, 1.82) is 0 Å². The summed E-state index contributed by atoms with van der Waals surface area (Å²) in [7, 11) is 0. The van der Waals surface area contributed by atoms with Gasteiger partial charge in [-0.25, -0.2) is 9.37 Å². The van der Waals surface area contributed by atoms with Crippen molar-refractivity contribution in [2.75, 3.05) is 37.8 Å². The lowest BCUT2D eigenvalue weighted by Gasteiger charge is -2.38. The van der Waals surface area contributed by atoms with Crippen LogP contribution in [0.1, 0.15) is 31.2 Å². The van der Waals surface area contributed by atoms with Crippen LogP contribution >= 0.6 is 0 Å². The van der Waals surface area contributed by atoms with Gasteiger partial charge < -0.3 is 24.2 Å². The first-order chi connectivity index (χ1) is 15.5. The molecule has 4 heterocycles. The van der Waals surface area contributed by atoms with Crippen LogP contribution in [-0.4, -0.2) is 60.1 Å². The van der Waals surface area contributed by atoms with Crippen LogP contribution in [0.15, 0.2) is 16.7 Å². The molecule has 0 unspecified atom stereocenters. The lowest BCUT2D eigenvalue weighted by Crippen LogP contribution is -2.53. The molecule has 8 nitrogen and oxygen atoms in total. The summed E-state index contributed by atoms with van der Waals surface area (Å²) in [6, 6.07) is 4.13. The molecule has 32 heavy (non-hydrogen) atoms. The van der Waals surface area contributed by atoms with Gasteiger partial charge in [-0.15, -0.1) is 0 Å². The van der Waals surface area contributed by atoms with Crippen LogP contribution in [0.25, 0.3) is 22.4 Å². The van der Waals surface area contributed by atoms with E-state index in [1.807, 2.05) is 19.9 Å². The van der Waals surface area contributed by atoms with Crippen molar-refractivity contribution in [3.63, 3.8) is 0 Å². The minimum atomic E-state index is -0.398. The average molecular weight is 442 g/mol. The average Bonchev–Trinajstić information content (AvgIpc) is 3.18. The van der Waals surface area contributed by atoms with Gasteiger partial charge in [0, 0.05) is 30.6 Å². The van der Waals surface area contributed by atoms with Gasteiger partial charge in [-0.3, -0.25) is 0 Å². The van der Waals surface area contributed by atoms with Crippen LogP contribution < -0.4 is 15.0 Å². The number of benzene rings is 1. The zero-order chi connectivity index (χ0) is 22.2. The minimum Gasteiger partial charge on any atom is -0.494 e. The lowest BCUT2D eigenvalue weighted by molar-refractivity contribution is -0.0111. The Bertz CT molecular complexity index is 1120. The minimum absolute atomic E-state index is 0.327. The first-order valence-electron chi connectivity index (χ1n) is 11.2. The number of ether oxygens (including phenoxy) is 2. The van der Waals surface area contributed by atoms with Gasteiger partial charge in [0.1, 0.15) is 17.1 Å². The molecule has 3 aromatic rings. The van der Waals surface area contributed by atoms with Gasteiger partial charge in [-0.1, -0.05) is 5.16 Å². The Morgan fingerprint density at radius 1 is 1.16 bits per heavy atom. The number of piperidine rings is 1. The monoisotopic (exact) mass is 441 g/mol. The number of anilines is 1. The Hall–Kier alpha value is -2.78. The molecule has 2 fully saturated rings. The topological polar surface area (TPSA) is 85.5 Å². The maximum Gasteiger partial charge on any atom is 0.261 e. The highest BCUT2D eigenvalue weighted by Crippen LogP contribution is 2.39. The first kappa shape index (κ1) is 21.1. The number of hydrogen-bond donors (Lipinski definition) is 1. The second-order valence-corrected chi connectivity index (χ2v) is 8.48. The highest BCUT2D eigenvalue weighted by molar-refractivity contribution is 5.93. The molecule has 0 spiro atoms. The van der Waals surface area contributed by atoms with Crippen LogP contribution in [0.2, 0.25) is 0 Å². The molecular formula is C23H28FN5O3. The second kappa shape index (κ2) is 8.63. The molecule has 1 N–H and O–H groups in total. The molecule has 2 aliphatic rings. The summed E-state index contributed by atoms with van der Waals surface area (Å²) in [5.41, 5.74) is 1.93. The van der Waals surface area contributed by atoms with E-state index in [4.69, 9.17) is 19.0 Å². The van der Waals surface area contributed by atoms with E-state index >= 15 is 4.39 Å². The third-order valence-electron chi connectivity index (χ3n) is 6.21. The molecule has 1 aromatic carbocycles. The second-order valence-electron chi connectivity index (χ2n) is 8.48. The molecule has 0 radical (unpaired) electrons. The number of pyridine rings is 1. The van der Waals surface area contributed by atoms with Gasteiger partial charge in [0.25, 0.3) is 5.89 Å². The quantitative estimate of drug-likeness (QED) is 0.623. The number of nitrogens with zero attached hydrogens (tertiary/aromatic N) is 4. The van der Waals surface area contributed by atoms with Crippen LogP contribution in [0.3, 0.4) is 0 Å². The van der Waals surface area contributed by atoms with Crippen molar-refractivity contribution in [3.8, 4) is 17.2 Å². The molecule has 0 saturated carbocycles. The van der Waals surface area contributed by atoms with Gasteiger partial charge >= 0.3 is 0 Å². The fraction of sp³-hybridized carbons (Fsp3) is 0.522. The number of hydrogen-bond acceptors (Lipinski definition) is 8. The normalized spacial score (nSPS) is 17.7. The molecule has 5 rings (SSSR count). The van der Waals surface area contributed by atoms with Gasteiger partial charge in [0.05, 0.1) is 31.4 Å². The fourth-order valence-corrected chi connectivity index (χ4v) is 4.49. The molecule has 0 atom stereocenters. The molecule has 0 aliphatic carbocycles. The van der Waals surface area contributed by atoms with Crippen LogP contribution in [-0.2, 0) is 4.74 Å². The summed E-state index contributed by atoms with van der Waals surface area (Å²) in [6.45, 7) is 9.25. The van der Waals surface area contributed by atoms with Gasteiger partial charge in [-0.05, 0) is 45.2 Å². The van der Waals surface area contributed by atoms with Crippen LogP contribution in [0, 0.1) is 19.7 Å². The Kier molecular flexibility index (Phi) is 5.69. The Labute approximate surface area is 186 Å². The number of rotatable bonds is 6. The summed E-state index contributed by atoms with van der Waals surface area (Å²) in [5, 5.41) is 8.32. The molecule has 9 heteroatoms. The standard InChI is InChI=1S/C23H28FN5O3/c1-4-31-17-9-18-13(2)20(23-25-14(3)28-32-23)22(27-21(18)19(24)10-17)29-7-5-15(6-8-29)26-16-11-30-12-16/h9-10,15-16,26H,4-8,11-12H2,1-3H3. The third kappa shape index (κ3) is 3.91. The summed E-state index contributed by atoms with van der Waals surface area (Å²) in [5.74, 6) is 1.72. The highest BCUT2D eigenvalue weighted by atomic mass is 19.1. The summed E-state index contributed by atoms with van der Waals surface area (Å²) < 4.78 is 31.4. The first-order valence-corrected chi connectivity index (χ1v) is 11.2. The van der Waals surface area contributed by atoms with Crippen molar-refractivity contribution in [2.24, 2.45) is 0 Å². The van der Waals surface area contributed by atoms with E-state index < -0.39 is 5.82 Å².